The van der Waals surface area contributed by atoms with Crippen LogP contribution in [0.15, 0.2) is 22.7 Å². The van der Waals surface area contributed by atoms with E-state index in [-0.39, 0.29) is 0 Å². The van der Waals surface area contributed by atoms with Crippen LogP contribution >= 0.6 is 15.9 Å². The van der Waals surface area contributed by atoms with E-state index in [9.17, 15) is 0 Å². The lowest BCUT2D eigenvalue weighted by Gasteiger charge is -2.27. The molecule has 114 valence electrons. The number of nitrogens with one attached hydrogen (secondary N) is 1. The summed E-state index contributed by atoms with van der Waals surface area (Å²) in [4.78, 5) is 0. The minimum absolute atomic E-state index is 0.423. The van der Waals surface area contributed by atoms with Gasteiger partial charge >= 0.3 is 0 Å². The van der Waals surface area contributed by atoms with Crippen molar-refractivity contribution in [2.24, 2.45) is 5.92 Å². The van der Waals surface area contributed by atoms with Gasteiger partial charge in [-0.15, -0.1) is 0 Å². The predicted molar refractivity (Wildman–Crippen MR) is 90.4 cm³/mol. The van der Waals surface area contributed by atoms with Gasteiger partial charge in [0.05, 0.1) is 11.1 Å². The standard InChI is InChI=1S/C17H28BrNO/c1-5-11-20-16-10-9-14(12-15(16)18)17(19-8-4)13(6-2)7-3/h9-10,12-13,17,19H,5-8,11H2,1-4H3. The van der Waals surface area contributed by atoms with Gasteiger partial charge in [0.15, 0.2) is 0 Å². The van der Waals surface area contributed by atoms with Gasteiger partial charge < -0.3 is 10.1 Å². The molecule has 0 aliphatic heterocycles. The van der Waals surface area contributed by atoms with Crippen molar-refractivity contribution < 1.29 is 4.74 Å². The summed E-state index contributed by atoms with van der Waals surface area (Å²) in [6, 6.07) is 6.91. The highest BCUT2D eigenvalue weighted by molar-refractivity contribution is 9.10. The number of halogens is 1. The first-order valence-electron chi connectivity index (χ1n) is 7.83. The Labute approximate surface area is 132 Å². The average Bonchev–Trinajstić information content (AvgIpc) is 2.46. The molecule has 0 spiro atoms. The maximum absolute atomic E-state index is 5.73. The summed E-state index contributed by atoms with van der Waals surface area (Å²) in [7, 11) is 0. The molecule has 1 aromatic rings. The molecule has 0 saturated carbocycles. The maximum atomic E-state index is 5.73. The molecular weight excluding hydrogens is 314 g/mol. The van der Waals surface area contributed by atoms with E-state index >= 15 is 0 Å². The molecule has 1 rings (SSSR count). The van der Waals surface area contributed by atoms with Gasteiger partial charge in [-0.1, -0.05) is 46.6 Å². The molecule has 1 atom stereocenters. The van der Waals surface area contributed by atoms with E-state index in [1.165, 1.54) is 18.4 Å². The van der Waals surface area contributed by atoms with E-state index in [0.29, 0.717) is 12.0 Å². The molecule has 0 radical (unpaired) electrons. The van der Waals surface area contributed by atoms with Crippen molar-refractivity contribution in [2.75, 3.05) is 13.2 Å². The van der Waals surface area contributed by atoms with Crippen LogP contribution in [0.1, 0.15) is 58.6 Å². The van der Waals surface area contributed by atoms with Crippen molar-refractivity contribution in [3.8, 4) is 5.75 Å². The van der Waals surface area contributed by atoms with Crippen molar-refractivity contribution in [3.05, 3.63) is 28.2 Å². The lowest BCUT2D eigenvalue weighted by Crippen LogP contribution is -2.27. The Morgan fingerprint density at radius 2 is 1.85 bits per heavy atom. The summed E-state index contributed by atoms with van der Waals surface area (Å²) in [5.41, 5.74) is 1.34. The van der Waals surface area contributed by atoms with Crippen LogP contribution in [0.3, 0.4) is 0 Å². The molecule has 0 heterocycles. The van der Waals surface area contributed by atoms with Crippen LogP contribution in [0, 0.1) is 5.92 Å². The highest BCUT2D eigenvalue weighted by Crippen LogP contribution is 2.33. The third-order valence-corrected chi connectivity index (χ3v) is 4.34. The van der Waals surface area contributed by atoms with Gasteiger partial charge in [-0.2, -0.15) is 0 Å². The zero-order valence-electron chi connectivity index (χ0n) is 13.2. The Balaban J connectivity index is 2.94. The molecular formula is C17H28BrNO. The smallest absolute Gasteiger partial charge is 0.133 e. The molecule has 1 unspecified atom stereocenters. The SMILES string of the molecule is CCCOc1ccc(C(NCC)C(CC)CC)cc1Br. The molecule has 20 heavy (non-hydrogen) atoms. The number of rotatable bonds is 9. The molecule has 3 heteroatoms. The third kappa shape index (κ3) is 4.78. The fraction of sp³-hybridized carbons (Fsp3) is 0.647. The zero-order valence-corrected chi connectivity index (χ0v) is 14.8. The Morgan fingerprint density at radius 1 is 1.15 bits per heavy atom. The minimum Gasteiger partial charge on any atom is -0.492 e. The number of ether oxygens (including phenoxy) is 1. The fourth-order valence-electron chi connectivity index (χ4n) is 2.58. The summed E-state index contributed by atoms with van der Waals surface area (Å²) in [6.07, 6.45) is 3.42. The van der Waals surface area contributed by atoms with Crippen LogP contribution in [0.4, 0.5) is 0 Å². The van der Waals surface area contributed by atoms with Gasteiger partial charge in [0.2, 0.25) is 0 Å². The quantitative estimate of drug-likeness (QED) is 0.655. The molecule has 0 fully saturated rings. The lowest BCUT2D eigenvalue weighted by atomic mass is 9.89. The van der Waals surface area contributed by atoms with Crippen LogP contribution in [-0.2, 0) is 0 Å². The topological polar surface area (TPSA) is 21.3 Å². The highest BCUT2D eigenvalue weighted by atomic mass is 79.9. The normalized spacial score (nSPS) is 12.7. The van der Waals surface area contributed by atoms with Crippen molar-refractivity contribution in [1.82, 2.24) is 5.32 Å². The summed E-state index contributed by atoms with van der Waals surface area (Å²) < 4.78 is 6.78. The Kier molecular flexibility index (Phi) is 8.24. The van der Waals surface area contributed by atoms with Crippen molar-refractivity contribution in [3.63, 3.8) is 0 Å². The lowest BCUT2D eigenvalue weighted by molar-refractivity contribution is 0.314. The summed E-state index contributed by atoms with van der Waals surface area (Å²) in [6.45, 7) is 10.6. The monoisotopic (exact) mass is 341 g/mol. The van der Waals surface area contributed by atoms with Gasteiger partial charge in [0.25, 0.3) is 0 Å². The van der Waals surface area contributed by atoms with Gasteiger partial charge in [-0.05, 0) is 52.5 Å². The molecule has 0 aromatic heterocycles. The molecule has 0 bridgehead atoms. The summed E-state index contributed by atoms with van der Waals surface area (Å²) in [5.74, 6) is 1.61. The number of benzene rings is 1. The first-order valence-corrected chi connectivity index (χ1v) is 8.62. The van der Waals surface area contributed by atoms with E-state index in [0.717, 1.165) is 29.8 Å². The van der Waals surface area contributed by atoms with E-state index in [2.05, 4.69) is 67.1 Å². The second-order valence-electron chi connectivity index (χ2n) is 5.15. The van der Waals surface area contributed by atoms with Crippen LogP contribution in [0.25, 0.3) is 0 Å². The van der Waals surface area contributed by atoms with Crippen LogP contribution in [0.5, 0.6) is 5.75 Å². The molecule has 0 aliphatic rings. The zero-order chi connectivity index (χ0) is 15.0. The predicted octanol–water partition coefficient (Wildman–Crippen LogP) is 5.32. The second-order valence-corrected chi connectivity index (χ2v) is 6.00. The molecule has 0 saturated heterocycles. The first-order chi connectivity index (χ1) is 9.67. The number of hydrogen-bond acceptors (Lipinski definition) is 2. The molecule has 0 amide bonds. The molecule has 0 aliphatic carbocycles. The Hall–Kier alpha value is -0.540. The first kappa shape index (κ1) is 17.5. The summed E-state index contributed by atoms with van der Waals surface area (Å²) in [5, 5.41) is 3.63. The largest absolute Gasteiger partial charge is 0.492 e. The summed E-state index contributed by atoms with van der Waals surface area (Å²) >= 11 is 3.64. The van der Waals surface area contributed by atoms with Crippen LogP contribution < -0.4 is 10.1 Å². The van der Waals surface area contributed by atoms with Crippen LogP contribution in [-0.4, -0.2) is 13.2 Å². The Morgan fingerprint density at radius 3 is 2.35 bits per heavy atom. The molecule has 1 N–H and O–H groups in total. The van der Waals surface area contributed by atoms with E-state index < -0.39 is 0 Å². The van der Waals surface area contributed by atoms with Gasteiger partial charge in [-0.3, -0.25) is 0 Å². The van der Waals surface area contributed by atoms with Gasteiger partial charge in [0, 0.05) is 6.04 Å². The van der Waals surface area contributed by atoms with E-state index in [4.69, 9.17) is 4.74 Å². The maximum Gasteiger partial charge on any atom is 0.133 e. The van der Waals surface area contributed by atoms with Gasteiger partial charge in [-0.25, -0.2) is 0 Å². The minimum atomic E-state index is 0.423. The highest BCUT2D eigenvalue weighted by Gasteiger charge is 2.20. The van der Waals surface area contributed by atoms with Crippen LogP contribution in [0.2, 0.25) is 0 Å². The Bertz CT molecular complexity index is 391. The van der Waals surface area contributed by atoms with Crippen molar-refractivity contribution >= 4 is 15.9 Å². The number of hydrogen-bond donors (Lipinski definition) is 1. The van der Waals surface area contributed by atoms with Gasteiger partial charge in [0.1, 0.15) is 5.75 Å². The fourth-order valence-corrected chi connectivity index (χ4v) is 3.09. The second kappa shape index (κ2) is 9.41. The molecule has 1 aromatic carbocycles. The average molecular weight is 342 g/mol. The van der Waals surface area contributed by atoms with Crippen molar-refractivity contribution in [2.45, 2.75) is 53.0 Å². The van der Waals surface area contributed by atoms with E-state index in [1.54, 1.807) is 0 Å². The van der Waals surface area contributed by atoms with E-state index in [1.807, 2.05) is 0 Å². The third-order valence-electron chi connectivity index (χ3n) is 3.72. The molecule has 2 nitrogen and oxygen atoms in total. The van der Waals surface area contributed by atoms with Crippen molar-refractivity contribution in [1.29, 1.82) is 0 Å².